The number of halogens is 1. The summed E-state index contributed by atoms with van der Waals surface area (Å²) in [6.45, 7) is 3.75. The molecule has 0 atom stereocenters. The summed E-state index contributed by atoms with van der Waals surface area (Å²) in [5, 5.41) is 6.52. The van der Waals surface area contributed by atoms with E-state index in [1.54, 1.807) is 19.1 Å². The lowest BCUT2D eigenvalue weighted by atomic mass is 10.1. The second-order valence-electron chi connectivity index (χ2n) is 5.54. The van der Waals surface area contributed by atoms with Crippen molar-refractivity contribution in [1.82, 2.24) is 5.16 Å². The molecule has 122 valence electrons. The normalized spacial score (nSPS) is 10.6. The first kappa shape index (κ1) is 15.9. The first-order chi connectivity index (χ1) is 11.6. The maximum atomic E-state index is 13.6. The third kappa shape index (κ3) is 3.35. The largest absolute Gasteiger partial charge is 0.355 e. The lowest BCUT2D eigenvalue weighted by Crippen LogP contribution is -2.12. The first-order valence-corrected chi connectivity index (χ1v) is 7.70. The van der Waals surface area contributed by atoms with Crippen LogP contribution in [0.1, 0.15) is 28.5 Å². The van der Waals surface area contributed by atoms with Crippen LogP contribution in [0.25, 0.3) is 11.3 Å². The number of hydrogen-bond acceptors (Lipinski definition) is 3. The minimum absolute atomic E-state index is 0.144. The molecule has 0 fully saturated rings. The molecule has 3 rings (SSSR count). The van der Waals surface area contributed by atoms with Crippen molar-refractivity contribution in [2.45, 2.75) is 20.3 Å². The zero-order valence-corrected chi connectivity index (χ0v) is 13.5. The lowest BCUT2D eigenvalue weighted by molar-refractivity contribution is 0.101. The van der Waals surface area contributed by atoms with Gasteiger partial charge in [-0.2, -0.15) is 0 Å². The predicted octanol–water partition coefficient (Wildman–Crippen LogP) is 4.60. The fraction of sp³-hybridized carbons (Fsp3) is 0.158. The molecular weight excluding hydrogens is 307 g/mol. The second kappa shape index (κ2) is 6.66. The Morgan fingerprint density at radius 2 is 1.92 bits per heavy atom. The van der Waals surface area contributed by atoms with E-state index in [0.717, 1.165) is 6.42 Å². The Morgan fingerprint density at radius 3 is 2.58 bits per heavy atom. The molecule has 0 bridgehead atoms. The zero-order chi connectivity index (χ0) is 17.1. The molecule has 0 spiro atoms. The molecule has 0 aliphatic carbocycles. The number of hydrogen-bond donors (Lipinski definition) is 1. The first-order valence-electron chi connectivity index (χ1n) is 7.70. The highest BCUT2D eigenvalue weighted by Gasteiger charge is 2.14. The maximum absolute atomic E-state index is 13.6. The quantitative estimate of drug-likeness (QED) is 0.763. The number of nitrogens with zero attached hydrogens (tertiary/aromatic N) is 1. The van der Waals surface area contributed by atoms with Gasteiger partial charge in [-0.15, -0.1) is 0 Å². The summed E-state index contributed by atoms with van der Waals surface area (Å²) in [6, 6.07) is 13.8. The van der Waals surface area contributed by atoms with Gasteiger partial charge >= 0.3 is 0 Å². The molecule has 0 saturated heterocycles. The topological polar surface area (TPSA) is 55.1 Å². The van der Waals surface area contributed by atoms with E-state index in [-0.39, 0.29) is 17.4 Å². The molecule has 0 radical (unpaired) electrons. The van der Waals surface area contributed by atoms with E-state index in [9.17, 15) is 9.18 Å². The van der Waals surface area contributed by atoms with E-state index in [1.165, 1.54) is 17.7 Å². The number of amides is 1. The number of benzene rings is 2. The Bertz CT molecular complexity index is 869. The minimum atomic E-state index is -0.373. The summed E-state index contributed by atoms with van der Waals surface area (Å²) in [4.78, 5) is 12.2. The summed E-state index contributed by atoms with van der Waals surface area (Å²) < 4.78 is 18.8. The van der Waals surface area contributed by atoms with Crippen molar-refractivity contribution in [1.29, 1.82) is 0 Å². The number of carbonyl (C=O) groups excluding carboxylic acids is 1. The van der Waals surface area contributed by atoms with E-state index in [4.69, 9.17) is 4.52 Å². The van der Waals surface area contributed by atoms with Gasteiger partial charge in [-0.3, -0.25) is 4.79 Å². The molecule has 1 amide bonds. The van der Waals surface area contributed by atoms with Crippen LogP contribution in [-0.4, -0.2) is 11.1 Å². The maximum Gasteiger partial charge on any atom is 0.277 e. The zero-order valence-electron chi connectivity index (χ0n) is 13.5. The van der Waals surface area contributed by atoms with Gasteiger partial charge in [0.1, 0.15) is 5.82 Å². The van der Waals surface area contributed by atoms with Crippen molar-refractivity contribution >= 4 is 11.6 Å². The molecule has 1 aromatic heterocycles. The molecule has 3 aromatic rings. The van der Waals surface area contributed by atoms with E-state index >= 15 is 0 Å². The number of aromatic nitrogens is 1. The standard InChI is InChI=1S/C19H17FN2O2/c1-3-13-5-8-15(9-6-13)21-19(23)17-11-18(24-22-17)14-7-4-12(2)16(20)10-14/h4-11H,3H2,1-2H3,(H,21,23). The molecular formula is C19H17FN2O2. The van der Waals surface area contributed by atoms with Crippen LogP contribution in [0.5, 0.6) is 0 Å². The van der Waals surface area contributed by atoms with Crippen LogP contribution in [0.2, 0.25) is 0 Å². The van der Waals surface area contributed by atoms with Crippen molar-refractivity contribution in [3.05, 3.63) is 71.2 Å². The summed E-state index contributed by atoms with van der Waals surface area (Å²) in [5.74, 6) is -0.354. The molecule has 4 nitrogen and oxygen atoms in total. The number of carbonyl (C=O) groups is 1. The average molecular weight is 324 g/mol. The van der Waals surface area contributed by atoms with E-state index in [0.29, 0.717) is 22.6 Å². The molecule has 0 aliphatic heterocycles. The van der Waals surface area contributed by atoms with Crippen molar-refractivity contribution < 1.29 is 13.7 Å². The molecule has 0 unspecified atom stereocenters. The van der Waals surface area contributed by atoms with Crippen molar-refractivity contribution in [3.8, 4) is 11.3 Å². The molecule has 24 heavy (non-hydrogen) atoms. The number of aryl methyl sites for hydroxylation is 2. The van der Waals surface area contributed by atoms with E-state index < -0.39 is 0 Å². The van der Waals surface area contributed by atoms with E-state index in [2.05, 4.69) is 17.4 Å². The molecule has 1 heterocycles. The number of rotatable bonds is 4. The number of anilines is 1. The lowest BCUT2D eigenvalue weighted by Gasteiger charge is -2.03. The van der Waals surface area contributed by atoms with Crippen molar-refractivity contribution in [2.75, 3.05) is 5.32 Å². The second-order valence-corrected chi connectivity index (χ2v) is 5.54. The van der Waals surface area contributed by atoms with Crippen molar-refractivity contribution in [3.63, 3.8) is 0 Å². The van der Waals surface area contributed by atoms with Gasteiger partial charge in [0, 0.05) is 17.3 Å². The third-order valence-electron chi connectivity index (χ3n) is 3.82. The van der Waals surface area contributed by atoms with Crippen LogP contribution in [0, 0.1) is 12.7 Å². The molecule has 2 aromatic carbocycles. The highest BCUT2D eigenvalue weighted by atomic mass is 19.1. The highest BCUT2D eigenvalue weighted by molar-refractivity contribution is 6.03. The Hall–Kier alpha value is -2.95. The van der Waals surface area contributed by atoms with Gasteiger partial charge in [0.15, 0.2) is 11.5 Å². The fourth-order valence-corrected chi connectivity index (χ4v) is 2.28. The summed E-state index contributed by atoms with van der Waals surface area (Å²) in [7, 11) is 0. The SMILES string of the molecule is CCc1ccc(NC(=O)c2cc(-c3ccc(C)c(F)c3)on2)cc1. The Balaban J connectivity index is 1.76. The summed E-state index contributed by atoms with van der Waals surface area (Å²) >= 11 is 0. The summed E-state index contributed by atoms with van der Waals surface area (Å²) in [5.41, 5.74) is 3.11. The van der Waals surface area contributed by atoms with Gasteiger partial charge in [0.25, 0.3) is 5.91 Å². The Morgan fingerprint density at radius 1 is 1.17 bits per heavy atom. The van der Waals surface area contributed by atoms with Gasteiger partial charge in [0.05, 0.1) is 0 Å². The predicted molar refractivity (Wildman–Crippen MR) is 90.4 cm³/mol. The van der Waals surface area contributed by atoms with E-state index in [1.807, 2.05) is 24.3 Å². The molecule has 5 heteroatoms. The Labute approximate surface area is 139 Å². The van der Waals surface area contributed by atoms with Gasteiger partial charge in [0.2, 0.25) is 0 Å². The fourth-order valence-electron chi connectivity index (χ4n) is 2.28. The van der Waals surface area contributed by atoms with Crippen LogP contribution in [0.3, 0.4) is 0 Å². The third-order valence-corrected chi connectivity index (χ3v) is 3.82. The van der Waals surface area contributed by atoms with Crippen LogP contribution in [-0.2, 0) is 6.42 Å². The van der Waals surface area contributed by atoms with Crippen LogP contribution in [0.4, 0.5) is 10.1 Å². The van der Waals surface area contributed by atoms with Gasteiger partial charge in [-0.1, -0.05) is 36.3 Å². The molecule has 0 saturated carbocycles. The van der Waals surface area contributed by atoms with Gasteiger partial charge in [-0.05, 0) is 42.7 Å². The average Bonchev–Trinajstić information content (AvgIpc) is 3.08. The summed E-state index contributed by atoms with van der Waals surface area (Å²) in [6.07, 6.45) is 0.938. The van der Waals surface area contributed by atoms with Crippen LogP contribution in [0.15, 0.2) is 53.1 Å². The molecule has 0 aliphatic rings. The van der Waals surface area contributed by atoms with Crippen LogP contribution >= 0.6 is 0 Å². The molecule has 1 N–H and O–H groups in total. The number of nitrogens with one attached hydrogen (secondary N) is 1. The van der Waals surface area contributed by atoms with Crippen LogP contribution < -0.4 is 5.32 Å². The van der Waals surface area contributed by atoms with Gasteiger partial charge < -0.3 is 9.84 Å². The van der Waals surface area contributed by atoms with Crippen molar-refractivity contribution in [2.24, 2.45) is 0 Å². The smallest absolute Gasteiger partial charge is 0.277 e. The highest BCUT2D eigenvalue weighted by Crippen LogP contribution is 2.23. The van der Waals surface area contributed by atoms with Gasteiger partial charge in [-0.25, -0.2) is 4.39 Å². The Kier molecular flexibility index (Phi) is 4.42. The monoisotopic (exact) mass is 324 g/mol. The minimum Gasteiger partial charge on any atom is -0.355 e.